The van der Waals surface area contributed by atoms with Gasteiger partial charge in [0.2, 0.25) is 0 Å². The van der Waals surface area contributed by atoms with Crippen LogP contribution in [0.5, 0.6) is 0 Å². The molecule has 0 bridgehead atoms. The smallest absolute Gasteiger partial charge is 0.142 e. The second kappa shape index (κ2) is 10.9. The Kier molecular flexibility index (Phi) is 6.27. The van der Waals surface area contributed by atoms with Gasteiger partial charge in [0.25, 0.3) is 0 Å². The summed E-state index contributed by atoms with van der Waals surface area (Å²) < 4.78 is 2.35. The van der Waals surface area contributed by atoms with E-state index in [9.17, 15) is 5.11 Å². The molecule has 1 aliphatic rings. The number of aliphatic hydroxyl groups is 1. The molecule has 1 aromatic heterocycles. The highest BCUT2D eigenvalue weighted by molar-refractivity contribution is 6.11. The fraction of sp³-hybridized carbons (Fsp3) is 0.0417. The molecule has 9 aromatic rings. The summed E-state index contributed by atoms with van der Waals surface area (Å²) >= 11 is 0. The van der Waals surface area contributed by atoms with E-state index in [-0.39, 0.29) is 0 Å². The minimum Gasteiger partial charge on any atom is -0.376 e. The quantitative estimate of drug-likeness (QED) is 0.204. The number of hydrogen-bond donors (Lipinski definition) is 1. The third-order valence-corrected chi connectivity index (χ3v) is 10.8. The lowest BCUT2D eigenvalue weighted by atomic mass is 9.79. The van der Waals surface area contributed by atoms with Gasteiger partial charge < -0.3 is 9.67 Å². The predicted molar refractivity (Wildman–Crippen MR) is 208 cm³/mol. The molecule has 1 unspecified atom stereocenters. The number of rotatable bonds is 4. The van der Waals surface area contributed by atoms with E-state index in [2.05, 4.69) is 181 Å². The zero-order chi connectivity index (χ0) is 33.4. The number of nitrogens with zero attached hydrogens (tertiary/aromatic N) is 1. The number of hydrogen-bond acceptors (Lipinski definition) is 1. The van der Waals surface area contributed by atoms with Crippen molar-refractivity contribution in [2.24, 2.45) is 0 Å². The van der Waals surface area contributed by atoms with E-state index in [1.807, 2.05) is 6.07 Å². The second-order valence-corrected chi connectivity index (χ2v) is 13.5. The molecule has 236 valence electrons. The summed E-state index contributed by atoms with van der Waals surface area (Å²) in [6.45, 7) is 2.17. The monoisotopic (exact) mass is 639 g/mol. The van der Waals surface area contributed by atoms with Crippen LogP contribution in [-0.4, -0.2) is 9.67 Å². The standard InChI is InChI=1S/C48H33NO/c1-31-23-25-38(33-15-6-3-7-16-33)46-37(31)26-27-41-39-19-8-10-21-43(39)48(50,47(41)46)35-24-28-45-42(30-35)40-20-9-11-22-44(40)49(45)36-18-12-17-34(29-36)32-13-4-2-5-14-32/h2-30,50H,1H3. The van der Waals surface area contributed by atoms with E-state index in [0.29, 0.717) is 0 Å². The highest BCUT2D eigenvalue weighted by Gasteiger charge is 2.45. The molecular formula is C48H33NO. The molecule has 50 heavy (non-hydrogen) atoms. The van der Waals surface area contributed by atoms with Crippen LogP contribution in [0.4, 0.5) is 0 Å². The second-order valence-electron chi connectivity index (χ2n) is 13.5. The minimum atomic E-state index is -1.37. The molecule has 1 N–H and O–H groups in total. The normalized spacial score (nSPS) is 15.1. The van der Waals surface area contributed by atoms with Gasteiger partial charge in [0.15, 0.2) is 0 Å². The topological polar surface area (TPSA) is 25.2 Å². The molecule has 2 heteroatoms. The van der Waals surface area contributed by atoms with Crippen molar-refractivity contribution >= 4 is 32.6 Å². The van der Waals surface area contributed by atoms with E-state index >= 15 is 0 Å². The van der Waals surface area contributed by atoms with Crippen molar-refractivity contribution in [2.45, 2.75) is 12.5 Å². The molecule has 1 atom stereocenters. The zero-order valence-corrected chi connectivity index (χ0v) is 27.6. The maximum Gasteiger partial charge on any atom is 0.142 e. The minimum absolute atomic E-state index is 0.866. The summed E-state index contributed by atoms with van der Waals surface area (Å²) in [4.78, 5) is 0. The van der Waals surface area contributed by atoms with Gasteiger partial charge in [-0.3, -0.25) is 0 Å². The van der Waals surface area contributed by atoms with Gasteiger partial charge in [0.05, 0.1) is 11.0 Å². The maximum atomic E-state index is 13.5. The van der Waals surface area contributed by atoms with Crippen molar-refractivity contribution in [1.29, 1.82) is 0 Å². The van der Waals surface area contributed by atoms with Crippen LogP contribution < -0.4 is 0 Å². The molecule has 1 aliphatic carbocycles. The molecule has 1 heterocycles. The Morgan fingerprint density at radius 3 is 1.98 bits per heavy atom. The Hall–Kier alpha value is -6.22. The number of aryl methyl sites for hydroxylation is 1. The van der Waals surface area contributed by atoms with Crippen molar-refractivity contribution in [3.05, 3.63) is 198 Å². The van der Waals surface area contributed by atoms with Crippen LogP contribution >= 0.6 is 0 Å². The lowest BCUT2D eigenvalue weighted by Crippen LogP contribution is -2.26. The molecule has 0 radical (unpaired) electrons. The molecule has 0 spiro atoms. The van der Waals surface area contributed by atoms with Gasteiger partial charge in [0, 0.05) is 27.6 Å². The molecule has 0 saturated heterocycles. The van der Waals surface area contributed by atoms with Crippen LogP contribution in [0.25, 0.3) is 71.6 Å². The van der Waals surface area contributed by atoms with Crippen LogP contribution in [0.15, 0.2) is 176 Å². The van der Waals surface area contributed by atoms with E-state index in [4.69, 9.17) is 0 Å². The first-order valence-corrected chi connectivity index (χ1v) is 17.3. The predicted octanol–water partition coefficient (Wildman–Crippen LogP) is 11.8. The Bertz CT molecular complexity index is 2780. The van der Waals surface area contributed by atoms with Gasteiger partial charge in [-0.2, -0.15) is 0 Å². The van der Waals surface area contributed by atoms with E-state index in [0.717, 1.165) is 77.2 Å². The molecule has 8 aromatic carbocycles. The molecule has 0 fully saturated rings. The molecule has 10 rings (SSSR count). The van der Waals surface area contributed by atoms with Gasteiger partial charge >= 0.3 is 0 Å². The number of benzene rings is 8. The Labute approximate surface area is 291 Å². The van der Waals surface area contributed by atoms with E-state index < -0.39 is 5.60 Å². The SMILES string of the molecule is Cc1ccc(-c2ccccc2)c2c3c(ccc12)-c1ccccc1C3(O)c1ccc2c(c1)c1ccccc1n2-c1cccc(-c2ccccc2)c1. The van der Waals surface area contributed by atoms with E-state index in [1.165, 1.54) is 16.7 Å². The summed E-state index contributed by atoms with van der Waals surface area (Å²) in [5, 5.41) is 18.1. The fourth-order valence-corrected chi connectivity index (χ4v) is 8.45. The Morgan fingerprint density at radius 1 is 0.460 bits per heavy atom. The average Bonchev–Trinajstić information content (AvgIpc) is 3.65. The van der Waals surface area contributed by atoms with Crippen molar-refractivity contribution in [3.63, 3.8) is 0 Å². The van der Waals surface area contributed by atoms with Crippen molar-refractivity contribution in [2.75, 3.05) is 0 Å². The number of fused-ring (bicyclic) bond motifs is 8. The fourth-order valence-electron chi connectivity index (χ4n) is 8.45. The van der Waals surface area contributed by atoms with E-state index in [1.54, 1.807) is 0 Å². The number of aromatic nitrogens is 1. The highest BCUT2D eigenvalue weighted by Crippen LogP contribution is 2.55. The van der Waals surface area contributed by atoms with Crippen LogP contribution in [0.2, 0.25) is 0 Å². The van der Waals surface area contributed by atoms with Crippen LogP contribution in [0.3, 0.4) is 0 Å². The summed E-state index contributed by atoms with van der Waals surface area (Å²) in [6.07, 6.45) is 0. The van der Waals surface area contributed by atoms with Crippen molar-refractivity contribution < 1.29 is 5.11 Å². The largest absolute Gasteiger partial charge is 0.376 e. The zero-order valence-electron chi connectivity index (χ0n) is 27.6. The molecule has 2 nitrogen and oxygen atoms in total. The molecular weight excluding hydrogens is 607 g/mol. The van der Waals surface area contributed by atoms with Gasteiger partial charge in [-0.05, 0) is 92.5 Å². The van der Waals surface area contributed by atoms with Gasteiger partial charge in [0.1, 0.15) is 5.60 Å². The van der Waals surface area contributed by atoms with Crippen LogP contribution in [0.1, 0.15) is 22.3 Å². The lowest BCUT2D eigenvalue weighted by Gasteiger charge is -2.29. The van der Waals surface area contributed by atoms with Crippen molar-refractivity contribution in [3.8, 4) is 39.1 Å². The lowest BCUT2D eigenvalue weighted by molar-refractivity contribution is 0.132. The average molecular weight is 640 g/mol. The maximum absolute atomic E-state index is 13.5. The molecule has 0 saturated carbocycles. The van der Waals surface area contributed by atoms with Crippen molar-refractivity contribution in [1.82, 2.24) is 4.57 Å². The summed E-state index contributed by atoms with van der Waals surface area (Å²) in [6, 6.07) is 62.3. The highest BCUT2D eigenvalue weighted by atomic mass is 16.3. The first-order chi connectivity index (χ1) is 24.6. The Morgan fingerprint density at radius 2 is 1.14 bits per heavy atom. The third kappa shape index (κ3) is 4.06. The molecule has 0 amide bonds. The van der Waals surface area contributed by atoms with Gasteiger partial charge in [-0.1, -0.05) is 146 Å². The van der Waals surface area contributed by atoms with Crippen LogP contribution in [-0.2, 0) is 5.60 Å². The first-order valence-electron chi connectivity index (χ1n) is 17.3. The van der Waals surface area contributed by atoms with Gasteiger partial charge in [-0.25, -0.2) is 0 Å². The first kappa shape index (κ1) is 28.8. The molecule has 0 aliphatic heterocycles. The van der Waals surface area contributed by atoms with Crippen LogP contribution in [0, 0.1) is 6.92 Å². The summed E-state index contributed by atoms with van der Waals surface area (Å²) in [5.41, 5.74) is 12.7. The number of para-hydroxylation sites is 1. The summed E-state index contributed by atoms with van der Waals surface area (Å²) in [7, 11) is 0. The summed E-state index contributed by atoms with van der Waals surface area (Å²) in [5.74, 6) is 0. The third-order valence-electron chi connectivity index (χ3n) is 10.8. The Balaban J connectivity index is 1.26. The van der Waals surface area contributed by atoms with Gasteiger partial charge in [-0.15, -0.1) is 0 Å².